The summed E-state index contributed by atoms with van der Waals surface area (Å²) in [6.07, 6.45) is -5.91. The number of rotatable bonds is 3. The second-order valence-electron chi connectivity index (χ2n) is 2.90. The molecule has 0 aliphatic heterocycles. The van der Waals surface area contributed by atoms with Crippen LogP contribution in [-0.2, 0) is 13.0 Å². The number of aryl methyl sites for hydroxylation is 1. The summed E-state index contributed by atoms with van der Waals surface area (Å²) in [5.41, 5.74) is 0.386. The molecule has 0 bridgehead atoms. The van der Waals surface area contributed by atoms with Crippen molar-refractivity contribution in [3.63, 3.8) is 0 Å². The van der Waals surface area contributed by atoms with Crippen molar-refractivity contribution in [2.75, 3.05) is 0 Å². The van der Waals surface area contributed by atoms with Crippen molar-refractivity contribution in [1.82, 2.24) is 9.78 Å². The van der Waals surface area contributed by atoms with Gasteiger partial charge in [-0.2, -0.15) is 18.3 Å². The highest BCUT2D eigenvalue weighted by atomic mass is 19.4. The molecule has 1 heterocycles. The fourth-order valence-electron chi connectivity index (χ4n) is 1.13. The van der Waals surface area contributed by atoms with Crippen LogP contribution < -0.4 is 0 Å². The lowest BCUT2D eigenvalue weighted by atomic mass is 10.2. The predicted octanol–water partition coefficient (Wildman–Crippen LogP) is 1.37. The van der Waals surface area contributed by atoms with E-state index in [9.17, 15) is 13.2 Å². The van der Waals surface area contributed by atoms with Gasteiger partial charge in [-0.1, -0.05) is 0 Å². The summed E-state index contributed by atoms with van der Waals surface area (Å²) < 4.78 is 37.4. The van der Waals surface area contributed by atoms with Gasteiger partial charge >= 0.3 is 6.18 Å². The van der Waals surface area contributed by atoms with Crippen molar-refractivity contribution in [2.24, 2.45) is 0 Å². The van der Waals surface area contributed by atoms with Crippen LogP contribution in [0.15, 0.2) is 12.3 Å². The highest BCUT2D eigenvalue weighted by Gasteiger charge is 2.38. The minimum absolute atomic E-state index is 0.386. The van der Waals surface area contributed by atoms with Crippen LogP contribution >= 0.6 is 0 Å². The molecule has 1 aromatic rings. The number of halogens is 3. The van der Waals surface area contributed by atoms with E-state index in [-0.39, 0.29) is 0 Å². The Morgan fingerprint density at radius 1 is 1.57 bits per heavy atom. The number of hydrogen-bond acceptors (Lipinski definition) is 2. The van der Waals surface area contributed by atoms with Crippen LogP contribution in [0, 0.1) is 0 Å². The molecule has 1 N–H and O–H groups in total. The molecular weight excluding hydrogens is 197 g/mol. The second-order valence-corrected chi connectivity index (χ2v) is 2.90. The van der Waals surface area contributed by atoms with Gasteiger partial charge in [-0.05, 0) is 13.0 Å². The van der Waals surface area contributed by atoms with E-state index in [1.807, 2.05) is 0 Å². The Balaban J connectivity index is 2.69. The zero-order valence-electron chi connectivity index (χ0n) is 7.62. The minimum Gasteiger partial charge on any atom is -0.383 e. The predicted molar refractivity (Wildman–Crippen MR) is 43.7 cm³/mol. The van der Waals surface area contributed by atoms with Gasteiger partial charge in [0.25, 0.3) is 0 Å². The summed E-state index contributed by atoms with van der Waals surface area (Å²) >= 11 is 0. The molecule has 1 aromatic heterocycles. The fourth-order valence-corrected chi connectivity index (χ4v) is 1.13. The fraction of sp³-hybridized carbons (Fsp3) is 0.625. The number of alkyl halides is 3. The molecule has 0 saturated carbocycles. The van der Waals surface area contributed by atoms with E-state index in [0.717, 1.165) is 0 Å². The quantitative estimate of drug-likeness (QED) is 0.814. The number of aliphatic hydroxyl groups excluding tert-OH is 1. The van der Waals surface area contributed by atoms with Gasteiger partial charge in [0.05, 0.1) is 0 Å². The van der Waals surface area contributed by atoms with Crippen LogP contribution in [0.4, 0.5) is 13.2 Å². The van der Waals surface area contributed by atoms with Gasteiger partial charge in [0.15, 0.2) is 6.10 Å². The number of nitrogens with zero attached hydrogens (tertiary/aromatic N) is 2. The third kappa shape index (κ3) is 2.47. The highest BCUT2D eigenvalue weighted by Crippen LogP contribution is 2.22. The van der Waals surface area contributed by atoms with Crippen molar-refractivity contribution < 1.29 is 18.3 Å². The van der Waals surface area contributed by atoms with Crippen molar-refractivity contribution in [3.8, 4) is 0 Å². The number of aromatic nitrogens is 2. The van der Waals surface area contributed by atoms with Crippen molar-refractivity contribution in [1.29, 1.82) is 0 Å². The van der Waals surface area contributed by atoms with E-state index in [4.69, 9.17) is 5.11 Å². The Labute approximate surface area is 79.2 Å². The molecule has 0 radical (unpaired) electrons. The lowest BCUT2D eigenvalue weighted by molar-refractivity contribution is -0.203. The molecule has 14 heavy (non-hydrogen) atoms. The molecule has 1 rings (SSSR count). The molecule has 0 aliphatic rings. The topological polar surface area (TPSA) is 38.0 Å². The SMILES string of the molecule is CCn1nccc1CC(O)C(F)(F)F. The van der Waals surface area contributed by atoms with Crippen LogP contribution in [0.3, 0.4) is 0 Å². The second kappa shape index (κ2) is 4.00. The maximum absolute atomic E-state index is 12.0. The summed E-state index contributed by atoms with van der Waals surface area (Å²) in [5, 5.41) is 12.6. The monoisotopic (exact) mass is 208 g/mol. The maximum Gasteiger partial charge on any atom is 0.414 e. The lowest BCUT2D eigenvalue weighted by Gasteiger charge is -2.14. The van der Waals surface area contributed by atoms with Crippen molar-refractivity contribution in [3.05, 3.63) is 18.0 Å². The molecule has 0 spiro atoms. The van der Waals surface area contributed by atoms with Crippen LogP contribution in [0.1, 0.15) is 12.6 Å². The average Bonchev–Trinajstić information content (AvgIpc) is 2.50. The number of hydrogen-bond donors (Lipinski definition) is 1. The van der Waals surface area contributed by atoms with Crippen molar-refractivity contribution >= 4 is 0 Å². The standard InChI is InChI=1S/C8H11F3N2O/c1-2-13-6(3-4-12-13)5-7(14)8(9,10)11/h3-4,7,14H,2,5H2,1H3. The number of aliphatic hydroxyl groups is 1. The summed E-state index contributed by atoms with van der Waals surface area (Å²) in [6, 6.07) is 1.47. The zero-order valence-corrected chi connectivity index (χ0v) is 7.62. The third-order valence-corrected chi connectivity index (χ3v) is 1.88. The smallest absolute Gasteiger partial charge is 0.383 e. The van der Waals surface area contributed by atoms with Gasteiger partial charge in [-0.25, -0.2) is 0 Å². The Bertz CT molecular complexity index is 295. The molecule has 3 nitrogen and oxygen atoms in total. The highest BCUT2D eigenvalue weighted by molar-refractivity contribution is 5.02. The normalized spacial score (nSPS) is 14.4. The molecule has 0 fully saturated rings. The molecule has 0 amide bonds. The van der Waals surface area contributed by atoms with Gasteiger partial charge < -0.3 is 5.11 Å². The Hall–Kier alpha value is -1.04. The van der Waals surface area contributed by atoms with Gasteiger partial charge in [0.1, 0.15) is 0 Å². The van der Waals surface area contributed by atoms with Crippen LogP contribution in [0.2, 0.25) is 0 Å². The van der Waals surface area contributed by atoms with Gasteiger partial charge in [0.2, 0.25) is 0 Å². The van der Waals surface area contributed by atoms with Gasteiger partial charge in [-0.15, -0.1) is 0 Å². The van der Waals surface area contributed by atoms with Gasteiger partial charge in [-0.3, -0.25) is 4.68 Å². The average molecular weight is 208 g/mol. The molecule has 6 heteroatoms. The maximum atomic E-state index is 12.0. The molecule has 1 atom stereocenters. The summed E-state index contributed by atoms with van der Waals surface area (Å²) in [6.45, 7) is 2.27. The first-order valence-corrected chi connectivity index (χ1v) is 4.20. The summed E-state index contributed by atoms with van der Waals surface area (Å²) in [5.74, 6) is 0. The first-order chi connectivity index (χ1) is 6.45. The summed E-state index contributed by atoms with van der Waals surface area (Å²) in [4.78, 5) is 0. The van der Waals surface area contributed by atoms with E-state index in [1.54, 1.807) is 6.92 Å². The first-order valence-electron chi connectivity index (χ1n) is 4.20. The molecule has 0 aliphatic carbocycles. The van der Waals surface area contributed by atoms with Crippen LogP contribution in [0.5, 0.6) is 0 Å². The first kappa shape index (κ1) is 11.0. The molecular formula is C8H11F3N2O. The summed E-state index contributed by atoms with van der Waals surface area (Å²) in [7, 11) is 0. The van der Waals surface area contributed by atoms with E-state index in [0.29, 0.717) is 12.2 Å². The Kier molecular flexibility index (Phi) is 3.15. The van der Waals surface area contributed by atoms with E-state index in [1.165, 1.54) is 16.9 Å². The molecule has 0 aromatic carbocycles. The Morgan fingerprint density at radius 3 is 2.71 bits per heavy atom. The van der Waals surface area contributed by atoms with Crippen LogP contribution in [-0.4, -0.2) is 27.2 Å². The third-order valence-electron chi connectivity index (χ3n) is 1.88. The van der Waals surface area contributed by atoms with E-state index < -0.39 is 18.7 Å². The van der Waals surface area contributed by atoms with E-state index in [2.05, 4.69) is 5.10 Å². The molecule has 1 unspecified atom stereocenters. The van der Waals surface area contributed by atoms with Crippen LogP contribution in [0.25, 0.3) is 0 Å². The van der Waals surface area contributed by atoms with Crippen molar-refractivity contribution in [2.45, 2.75) is 32.2 Å². The largest absolute Gasteiger partial charge is 0.414 e. The van der Waals surface area contributed by atoms with Gasteiger partial charge in [0, 0.05) is 24.9 Å². The minimum atomic E-state index is -4.57. The molecule has 80 valence electrons. The lowest BCUT2D eigenvalue weighted by Crippen LogP contribution is -2.31. The zero-order chi connectivity index (χ0) is 10.8. The van der Waals surface area contributed by atoms with E-state index >= 15 is 0 Å². The Morgan fingerprint density at radius 2 is 2.21 bits per heavy atom. The molecule has 0 saturated heterocycles.